The number of thioether (sulfide) groups is 1. The highest BCUT2D eigenvalue weighted by molar-refractivity contribution is 8.13. The molecule has 0 fully saturated rings. The van der Waals surface area contributed by atoms with E-state index in [0.29, 0.717) is 34.1 Å². The van der Waals surface area contributed by atoms with Crippen molar-refractivity contribution in [1.29, 1.82) is 0 Å². The third-order valence-corrected chi connectivity index (χ3v) is 5.65. The van der Waals surface area contributed by atoms with Crippen molar-refractivity contribution in [3.8, 4) is 0 Å². The van der Waals surface area contributed by atoms with Crippen molar-refractivity contribution < 1.29 is 9.18 Å². The first-order valence-corrected chi connectivity index (χ1v) is 10.2. The van der Waals surface area contributed by atoms with Gasteiger partial charge in [0.05, 0.1) is 5.54 Å². The van der Waals surface area contributed by atoms with E-state index in [0.717, 1.165) is 5.75 Å². The van der Waals surface area contributed by atoms with E-state index in [1.807, 2.05) is 27.7 Å². The maximum Gasteiger partial charge on any atom is 0.185 e. The number of aliphatic imine (C=N–C) groups is 2. The summed E-state index contributed by atoms with van der Waals surface area (Å²) in [6, 6.07) is 4.72. The zero-order valence-electron chi connectivity index (χ0n) is 17.6. The molecule has 8 heteroatoms. The van der Waals surface area contributed by atoms with E-state index in [9.17, 15) is 9.18 Å². The summed E-state index contributed by atoms with van der Waals surface area (Å²) in [6.45, 7) is 7.78. The molecule has 1 aromatic carbocycles. The SMILES string of the molecule is CN=C(C=C(N)C(C)(C)C)C(=O)Cc1ccc(F)c([C@]2(C)CCSC(N)=N2)c1.Cl. The lowest BCUT2D eigenvalue weighted by Gasteiger charge is -2.30. The van der Waals surface area contributed by atoms with E-state index in [1.165, 1.54) is 17.8 Å². The van der Waals surface area contributed by atoms with Gasteiger partial charge in [0.25, 0.3) is 0 Å². The number of carbonyl (C=O) groups excluding carboxylic acids is 1. The van der Waals surface area contributed by atoms with Crippen molar-refractivity contribution in [2.24, 2.45) is 26.9 Å². The van der Waals surface area contributed by atoms with Gasteiger partial charge in [-0.15, -0.1) is 12.4 Å². The number of hydrogen-bond acceptors (Lipinski definition) is 6. The van der Waals surface area contributed by atoms with Crippen molar-refractivity contribution in [1.82, 2.24) is 0 Å². The van der Waals surface area contributed by atoms with Crippen LogP contribution in [0.15, 0.2) is 40.0 Å². The van der Waals surface area contributed by atoms with Crippen LogP contribution >= 0.6 is 24.2 Å². The van der Waals surface area contributed by atoms with E-state index in [4.69, 9.17) is 11.5 Å². The Labute approximate surface area is 182 Å². The maximum absolute atomic E-state index is 14.5. The van der Waals surface area contributed by atoms with Crippen LogP contribution in [0.4, 0.5) is 4.39 Å². The average molecular weight is 441 g/mol. The number of Topliss-reactive ketones (excluding diaryl/α,β-unsaturated/α-hetero) is 1. The van der Waals surface area contributed by atoms with Crippen LogP contribution in [0.25, 0.3) is 0 Å². The Morgan fingerprint density at radius 2 is 2.07 bits per heavy atom. The molecule has 0 saturated heterocycles. The second-order valence-electron chi connectivity index (χ2n) is 8.20. The molecule has 5 nitrogen and oxygen atoms in total. The van der Waals surface area contributed by atoms with Crippen molar-refractivity contribution in [3.05, 3.63) is 46.9 Å². The molecule has 1 atom stereocenters. The summed E-state index contributed by atoms with van der Waals surface area (Å²) < 4.78 is 14.5. The van der Waals surface area contributed by atoms with Crippen LogP contribution < -0.4 is 11.5 Å². The molecule has 0 aliphatic carbocycles. The van der Waals surface area contributed by atoms with Crippen molar-refractivity contribution in [2.75, 3.05) is 12.8 Å². The predicted molar refractivity (Wildman–Crippen MR) is 123 cm³/mol. The maximum atomic E-state index is 14.5. The fourth-order valence-electron chi connectivity index (χ4n) is 2.89. The Balaban J connectivity index is 0.00000420. The molecule has 0 amide bonds. The third kappa shape index (κ3) is 6.31. The van der Waals surface area contributed by atoms with Gasteiger partial charge >= 0.3 is 0 Å². The first-order chi connectivity index (χ1) is 13.0. The Bertz CT molecular complexity index is 861. The Kier molecular flexibility index (Phi) is 8.47. The summed E-state index contributed by atoms with van der Waals surface area (Å²) in [4.78, 5) is 21.3. The van der Waals surface area contributed by atoms with Gasteiger partial charge in [-0.3, -0.25) is 14.8 Å². The van der Waals surface area contributed by atoms with Crippen LogP contribution in [0.5, 0.6) is 0 Å². The molecule has 0 bridgehead atoms. The molecule has 0 spiro atoms. The summed E-state index contributed by atoms with van der Waals surface area (Å²) in [5, 5.41) is 0.456. The molecule has 0 aromatic heterocycles. The monoisotopic (exact) mass is 440 g/mol. The van der Waals surface area contributed by atoms with Gasteiger partial charge in [0.2, 0.25) is 0 Å². The molecule has 160 valence electrons. The minimum absolute atomic E-state index is 0. The van der Waals surface area contributed by atoms with Gasteiger partial charge in [0, 0.05) is 35.9 Å². The fourth-order valence-corrected chi connectivity index (χ4v) is 3.86. The number of allylic oxidation sites excluding steroid dienone is 2. The lowest BCUT2D eigenvalue weighted by molar-refractivity contribution is -0.112. The number of benzene rings is 1. The number of nitrogens with zero attached hydrogens (tertiary/aromatic N) is 2. The van der Waals surface area contributed by atoms with Gasteiger partial charge in [-0.1, -0.05) is 38.6 Å². The van der Waals surface area contributed by atoms with Crippen molar-refractivity contribution in [2.45, 2.75) is 46.1 Å². The van der Waals surface area contributed by atoms with Crippen LogP contribution in [-0.4, -0.2) is 29.5 Å². The third-order valence-electron chi connectivity index (χ3n) is 4.86. The minimum atomic E-state index is -0.725. The number of amidine groups is 1. The number of rotatable bonds is 5. The molecule has 29 heavy (non-hydrogen) atoms. The molecule has 2 rings (SSSR count). The van der Waals surface area contributed by atoms with Gasteiger partial charge in [0.15, 0.2) is 11.0 Å². The molecule has 0 radical (unpaired) electrons. The Morgan fingerprint density at radius 3 is 2.62 bits per heavy atom. The van der Waals surface area contributed by atoms with E-state index in [-0.39, 0.29) is 35.8 Å². The number of carbonyl (C=O) groups is 1. The zero-order chi connectivity index (χ0) is 21.1. The fraction of sp³-hybridized carbons (Fsp3) is 0.476. The Morgan fingerprint density at radius 1 is 1.41 bits per heavy atom. The minimum Gasteiger partial charge on any atom is -0.402 e. The lowest BCUT2D eigenvalue weighted by Crippen LogP contribution is -2.30. The highest BCUT2D eigenvalue weighted by Gasteiger charge is 2.32. The Hall–Kier alpha value is -1.86. The highest BCUT2D eigenvalue weighted by Crippen LogP contribution is 2.36. The largest absolute Gasteiger partial charge is 0.402 e. The van der Waals surface area contributed by atoms with Gasteiger partial charge in [-0.05, 0) is 37.1 Å². The van der Waals surface area contributed by atoms with E-state index in [2.05, 4.69) is 9.98 Å². The van der Waals surface area contributed by atoms with E-state index in [1.54, 1.807) is 25.3 Å². The van der Waals surface area contributed by atoms with Gasteiger partial charge in [-0.2, -0.15) is 0 Å². The number of nitrogens with two attached hydrogens (primary N) is 2. The summed E-state index contributed by atoms with van der Waals surface area (Å²) in [5.41, 5.74) is 13.0. The smallest absolute Gasteiger partial charge is 0.185 e. The summed E-state index contributed by atoms with van der Waals surface area (Å²) in [7, 11) is 1.56. The average Bonchev–Trinajstić information content (AvgIpc) is 2.59. The normalized spacial score (nSPS) is 20.7. The van der Waals surface area contributed by atoms with Crippen LogP contribution in [0.2, 0.25) is 0 Å². The molecule has 1 heterocycles. The zero-order valence-corrected chi connectivity index (χ0v) is 19.2. The molecule has 1 aliphatic heterocycles. The van der Waals surface area contributed by atoms with Crippen LogP contribution in [0, 0.1) is 11.2 Å². The number of ketones is 1. The predicted octanol–water partition coefficient (Wildman–Crippen LogP) is 3.99. The molecule has 4 N–H and O–H groups in total. The summed E-state index contributed by atoms with van der Waals surface area (Å²) >= 11 is 1.47. The number of hydrogen-bond donors (Lipinski definition) is 2. The first-order valence-electron chi connectivity index (χ1n) is 9.21. The second kappa shape index (κ2) is 9.76. The topological polar surface area (TPSA) is 93.8 Å². The van der Waals surface area contributed by atoms with Crippen LogP contribution in [-0.2, 0) is 16.8 Å². The van der Waals surface area contributed by atoms with Gasteiger partial charge in [-0.25, -0.2) is 4.39 Å². The molecule has 1 aliphatic rings. The first kappa shape index (κ1) is 25.2. The van der Waals surface area contributed by atoms with Gasteiger partial charge < -0.3 is 11.5 Å². The van der Waals surface area contributed by atoms with Crippen molar-refractivity contribution >= 4 is 40.8 Å². The van der Waals surface area contributed by atoms with E-state index >= 15 is 0 Å². The quantitative estimate of drug-likeness (QED) is 0.677. The van der Waals surface area contributed by atoms with Crippen molar-refractivity contribution in [3.63, 3.8) is 0 Å². The second-order valence-corrected chi connectivity index (χ2v) is 9.31. The summed E-state index contributed by atoms with van der Waals surface area (Å²) in [6.07, 6.45) is 2.41. The molecule has 0 saturated carbocycles. The van der Waals surface area contributed by atoms with Crippen LogP contribution in [0.3, 0.4) is 0 Å². The lowest BCUT2D eigenvalue weighted by atomic mass is 9.87. The molecule has 0 unspecified atom stereocenters. The molecular weight excluding hydrogens is 411 g/mol. The molecule has 1 aromatic rings. The standard InChI is InChI=1S/C21H29FN4OS.ClH/c1-20(2,3)18(23)12-16(25-5)17(27)11-13-6-7-15(22)14(10-13)21(4)8-9-28-19(24)26-21;/h6-7,10,12H,8-9,11,23H2,1-5H3,(H2,24,26);1H/t21-;/m0./s1. The summed E-state index contributed by atoms with van der Waals surface area (Å²) in [5.74, 6) is 0.265. The number of halogens is 2. The molecular formula is C21H30ClFN4OS. The highest BCUT2D eigenvalue weighted by atomic mass is 35.5. The van der Waals surface area contributed by atoms with Crippen LogP contribution in [0.1, 0.15) is 45.2 Å². The van der Waals surface area contributed by atoms with Gasteiger partial charge in [0.1, 0.15) is 11.5 Å². The van der Waals surface area contributed by atoms with E-state index < -0.39 is 5.54 Å².